The van der Waals surface area contributed by atoms with Crippen LogP contribution in [0.15, 0.2) is 103 Å². The predicted octanol–water partition coefficient (Wildman–Crippen LogP) is 5.66. The summed E-state index contributed by atoms with van der Waals surface area (Å²) < 4.78 is 5.73. The van der Waals surface area contributed by atoms with E-state index in [0.717, 1.165) is 22.6 Å². The minimum Gasteiger partial charge on any atom is -0.489 e. The van der Waals surface area contributed by atoms with Crippen LogP contribution in [0.2, 0.25) is 0 Å². The molecule has 0 aliphatic rings. The van der Waals surface area contributed by atoms with E-state index in [1.165, 1.54) is 0 Å². The first kappa shape index (κ1) is 19.2. The molecule has 0 fully saturated rings. The highest BCUT2D eigenvalue weighted by atomic mass is 16.5. The van der Waals surface area contributed by atoms with Crippen molar-refractivity contribution in [2.45, 2.75) is 6.61 Å². The Balaban J connectivity index is 1.32. The van der Waals surface area contributed by atoms with Crippen LogP contribution < -0.4 is 15.4 Å². The van der Waals surface area contributed by atoms with Crippen molar-refractivity contribution in [3.63, 3.8) is 0 Å². The number of benzene rings is 3. The fourth-order valence-corrected chi connectivity index (χ4v) is 2.88. The maximum Gasteiger partial charge on any atom is 0.255 e. The number of amides is 1. The summed E-state index contributed by atoms with van der Waals surface area (Å²) in [7, 11) is 0. The second-order valence-electron chi connectivity index (χ2n) is 6.70. The Morgan fingerprint density at radius 3 is 2.17 bits per heavy atom. The Morgan fingerprint density at radius 1 is 0.767 bits per heavy atom. The summed E-state index contributed by atoms with van der Waals surface area (Å²) in [6, 6.07) is 28.4. The van der Waals surface area contributed by atoms with Gasteiger partial charge in [0.15, 0.2) is 0 Å². The van der Waals surface area contributed by atoms with Gasteiger partial charge in [-0.25, -0.2) is 0 Å². The lowest BCUT2D eigenvalue weighted by molar-refractivity contribution is 0.102. The van der Waals surface area contributed by atoms with Crippen molar-refractivity contribution in [1.29, 1.82) is 0 Å². The number of aromatic nitrogens is 1. The second-order valence-corrected chi connectivity index (χ2v) is 6.70. The molecule has 0 bridgehead atoms. The van der Waals surface area contributed by atoms with Crippen molar-refractivity contribution in [2.24, 2.45) is 0 Å². The fourth-order valence-electron chi connectivity index (χ4n) is 2.88. The van der Waals surface area contributed by atoms with Crippen molar-refractivity contribution in [2.75, 3.05) is 10.6 Å². The molecule has 0 unspecified atom stereocenters. The van der Waals surface area contributed by atoms with Gasteiger partial charge in [-0.15, -0.1) is 0 Å². The zero-order valence-corrected chi connectivity index (χ0v) is 16.3. The number of ether oxygens (including phenoxy) is 1. The van der Waals surface area contributed by atoms with Crippen LogP contribution in [-0.2, 0) is 6.61 Å². The van der Waals surface area contributed by atoms with E-state index in [0.29, 0.717) is 17.9 Å². The summed E-state index contributed by atoms with van der Waals surface area (Å²) in [5, 5.41) is 6.23. The minimum absolute atomic E-state index is 0.169. The molecule has 30 heavy (non-hydrogen) atoms. The van der Waals surface area contributed by atoms with Crippen LogP contribution in [0.5, 0.6) is 5.75 Å². The van der Waals surface area contributed by atoms with Crippen molar-refractivity contribution < 1.29 is 9.53 Å². The van der Waals surface area contributed by atoms with Gasteiger partial charge in [0.1, 0.15) is 12.4 Å². The van der Waals surface area contributed by atoms with Gasteiger partial charge in [0.2, 0.25) is 0 Å². The molecule has 0 atom stereocenters. The van der Waals surface area contributed by atoms with Crippen LogP contribution in [0, 0.1) is 0 Å². The number of hydrogen-bond donors (Lipinski definition) is 2. The van der Waals surface area contributed by atoms with Gasteiger partial charge in [-0.3, -0.25) is 9.78 Å². The van der Waals surface area contributed by atoms with E-state index < -0.39 is 0 Å². The Bertz CT molecular complexity index is 1080. The first-order valence-corrected chi connectivity index (χ1v) is 9.61. The number of rotatable bonds is 7. The lowest BCUT2D eigenvalue weighted by Crippen LogP contribution is -2.11. The Labute approximate surface area is 175 Å². The van der Waals surface area contributed by atoms with Crippen molar-refractivity contribution >= 4 is 23.0 Å². The summed E-state index contributed by atoms with van der Waals surface area (Å²) in [5.41, 5.74) is 4.25. The quantitative estimate of drug-likeness (QED) is 0.424. The summed E-state index contributed by atoms with van der Waals surface area (Å²) >= 11 is 0. The molecule has 5 heteroatoms. The van der Waals surface area contributed by atoms with E-state index in [9.17, 15) is 4.79 Å². The fraction of sp³-hybridized carbons (Fsp3) is 0.0400. The molecule has 4 aromatic rings. The van der Waals surface area contributed by atoms with E-state index in [-0.39, 0.29) is 5.91 Å². The van der Waals surface area contributed by atoms with E-state index in [4.69, 9.17) is 4.74 Å². The van der Waals surface area contributed by atoms with Crippen LogP contribution in [-0.4, -0.2) is 10.9 Å². The highest BCUT2D eigenvalue weighted by molar-refractivity contribution is 6.04. The van der Waals surface area contributed by atoms with Gasteiger partial charge in [-0.1, -0.05) is 24.3 Å². The molecular formula is C25H21N3O2. The van der Waals surface area contributed by atoms with E-state index in [1.54, 1.807) is 36.7 Å². The number of carbonyl (C=O) groups excluding carboxylic acids is 1. The first-order valence-electron chi connectivity index (χ1n) is 9.61. The van der Waals surface area contributed by atoms with E-state index >= 15 is 0 Å². The van der Waals surface area contributed by atoms with Crippen LogP contribution in [0.3, 0.4) is 0 Å². The van der Waals surface area contributed by atoms with Gasteiger partial charge in [-0.05, 0) is 66.7 Å². The van der Waals surface area contributed by atoms with Crippen LogP contribution in [0.25, 0.3) is 0 Å². The molecule has 0 spiro atoms. The smallest absolute Gasteiger partial charge is 0.255 e. The molecule has 148 valence electrons. The largest absolute Gasteiger partial charge is 0.489 e. The summed E-state index contributed by atoms with van der Waals surface area (Å²) in [4.78, 5) is 16.6. The molecule has 4 rings (SSSR count). The topological polar surface area (TPSA) is 63.2 Å². The third kappa shape index (κ3) is 5.23. The number of hydrogen-bond acceptors (Lipinski definition) is 4. The van der Waals surface area contributed by atoms with E-state index in [2.05, 4.69) is 15.6 Å². The number of anilines is 3. The van der Waals surface area contributed by atoms with Gasteiger partial charge in [-0.2, -0.15) is 0 Å². The molecule has 3 aromatic carbocycles. The molecule has 2 N–H and O–H groups in total. The standard InChI is InChI=1S/C25H21N3O2/c29-25(20-8-14-24(15-9-20)30-18-19-5-4-16-26-17-19)28-23-12-10-22(11-13-23)27-21-6-2-1-3-7-21/h1-17,27H,18H2,(H,28,29). The summed E-state index contributed by atoms with van der Waals surface area (Å²) in [6.07, 6.45) is 3.49. The van der Waals surface area contributed by atoms with Crippen molar-refractivity contribution in [3.8, 4) is 5.75 Å². The van der Waals surface area contributed by atoms with Gasteiger partial charge in [0, 0.05) is 40.6 Å². The minimum atomic E-state index is -0.169. The zero-order valence-electron chi connectivity index (χ0n) is 16.3. The highest BCUT2D eigenvalue weighted by Crippen LogP contribution is 2.20. The molecule has 1 heterocycles. The van der Waals surface area contributed by atoms with Crippen LogP contribution >= 0.6 is 0 Å². The highest BCUT2D eigenvalue weighted by Gasteiger charge is 2.07. The lowest BCUT2D eigenvalue weighted by atomic mass is 10.2. The number of carbonyl (C=O) groups is 1. The van der Waals surface area contributed by atoms with Crippen LogP contribution in [0.4, 0.5) is 17.1 Å². The average molecular weight is 395 g/mol. The van der Waals surface area contributed by atoms with Crippen LogP contribution in [0.1, 0.15) is 15.9 Å². The van der Waals surface area contributed by atoms with E-state index in [1.807, 2.05) is 66.7 Å². The Kier molecular flexibility index (Phi) is 6.01. The monoisotopic (exact) mass is 395 g/mol. The number of nitrogens with one attached hydrogen (secondary N) is 2. The van der Waals surface area contributed by atoms with Crippen molar-refractivity contribution in [3.05, 3.63) is 115 Å². The number of nitrogens with zero attached hydrogens (tertiary/aromatic N) is 1. The molecule has 0 aliphatic heterocycles. The molecular weight excluding hydrogens is 374 g/mol. The lowest BCUT2D eigenvalue weighted by Gasteiger charge is -2.10. The van der Waals surface area contributed by atoms with Gasteiger partial charge in [0.05, 0.1) is 0 Å². The molecule has 1 amide bonds. The third-order valence-electron chi connectivity index (χ3n) is 4.45. The SMILES string of the molecule is O=C(Nc1ccc(Nc2ccccc2)cc1)c1ccc(OCc2cccnc2)cc1. The predicted molar refractivity (Wildman–Crippen MR) is 119 cm³/mol. The summed E-state index contributed by atoms with van der Waals surface area (Å²) in [5.74, 6) is 0.532. The van der Waals surface area contributed by atoms with Gasteiger partial charge in [0.25, 0.3) is 5.91 Å². The maximum absolute atomic E-state index is 12.5. The Morgan fingerprint density at radius 2 is 1.47 bits per heavy atom. The molecule has 0 saturated heterocycles. The normalized spacial score (nSPS) is 10.3. The molecule has 0 saturated carbocycles. The van der Waals surface area contributed by atoms with Gasteiger partial charge < -0.3 is 15.4 Å². The maximum atomic E-state index is 12.5. The molecule has 0 radical (unpaired) electrons. The number of para-hydroxylation sites is 1. The molecule has 1 aromatic heterocycles. The molecule has 0 aliphatic carbocycles. The average Bonchev–Trinajstić information content (AvgIpc) is 2.81. The Hall–Kier alpha value is -4.12. The first-order chi connectivity index (χ1) is 14.8. The second kappa shape index (κ2) is 9.39. The number of pyridine rings is 1. The molecule has 5 nitrogen and oxygen atoms in total. The summed E-state index contributed by atoms with van der Waals surface area (Å²) in [6.45, 7) is 0.433. The third-order valence-corrected chi connectivity index (χ3v) is 4.45. The zero-order chi connectivity index (χ0) is 20.6. The van der Waals surface area contributed by atoms with Gasteiger partial charge >= 0.3 is 0 Å². The van der Waals surface area contributed by atoms with Crippen molar-refractivity contribution in [1.82, 2.24) is 4.98 Å².